The lowest BCUT2D eigenvalue weighted by molar-refractivity contribution is -0.137. The van der Waals surface area contributed by atoms with Crippen molar-refractivity contribution < 1.29 is 18.0 Å². The molecule has 1 N–H and O–H groups in total. The summed E-state index contributed by atoms with van der Waals surface area (Å²) < 4.78 is 40.4. The zero-order chi connectivity index (χ0) is 19.9. The number of carbonyl (C=O) groups excluding carboxylic acids is 1. The number of alkyl halides is 3. The largest absolute Gasteiger partial charge is 0.416 e. The number of aromatic nitrogens is 2. The molecule has 2 aromatic heterocycles. The van der Waals surface area contributed by atoms with Crippen LogP contribution in [0.25, 0.3) is 16.2 Å². The molecule has 142 valence electrons. The second-order valence-electron chi connectivity index (χ2n) is 6.27. The Morgan fingerprint density at radius 2 is 1.89 bits per heavy atom. The summed E-state index contributed by atoms with van der Waals surface area (Å²) in [6.45, 7) is 2.00. The van der Waals surface area contributed by atoms with Gasteiger partial charge in [-0.05, 0) is 37.3 Å². The van der Waals surface area contributed by atoms with Gasteiger partial charge in [-0.15, -0.1) is 11.3 Å². The summed E-state index contributed by atoms with van der Waals surface area (Å²) in [4.78, 5) is 17.7. The molecule has 2 aromatic carbocycles. The zero-order valence-corrected chi connectivity index (χ0v) is 15.4. The molecule has 0 bridgehead atoms. The van der Waals surface area contributed by atoms with Gasteiger partial charge in [0.25, 0.3) is 5.91 Å². The molecule has 28 heavy (non-hydrogen) atoms. The Hall–Kier alpha value is -3.13. The van der Waals surface area contributed by atoms with Crippen molar-refractivity contribution in [3.8, 4) is 11.3 Å². The molecule has 0 atom stereocenters. The van der Waals surface area contributed by atoms with Crippen LogP contribution in [0.2, 0.25) is 0 Å². The van der Waals surface area contributed by atoms with Crippen LogP contribution in [0.5, 0.6) is 0 Å². The van der Waals surface area contributed by atoms with Gasteiger partial charge in [0, 0.05) is 34.1 Å². The number of fused-ring (bicyclic) bond motifs is 1. The second-order valence-corrected chi connectivity index (χ2v) is 7.10. The normalized spacial score (nSPS) is 11.7. The van der Waals surface area contributed by atoms with Gasteiger partial charge in [0.05, 0.1) is 11.3 Å². The number of carbonyl (C=O) groups is 1. The Morgan fingerprint density at radius 3 is 2.57 bits per heavy atom. The van der Waals surface area contributed by atoms with Crippen molar-refractivity contribution >= 4 is 27.9 Å². The van der Waals surface area contributed by atoms with E-state index in [1.807, 2.05) is 35.0 Å². The lowest BCUT2D eigenvalue weighted by Gasteiger charge is -2.09. The van der Waals surface area contributed by atoms with Crippen LogP contribution in [0.3, 0.4) is 0 Å². The van der Waals surface area contributed by atoms with Crippen molar-refractivity contribution in [1.29, 1.82) is 0 Å². The summed E-state index contributed by atoms with van der Waals surface area (Å²) in [5.74, 6) is -0.600. The number of nitrogens with one attached hydrogen (secondary N) is 1. The molecule has 4 nitrogen and oxygen atoms in total. The van der Waals surface area contributed by atoms with Crippen LogP contribution in [0, 0.1) is 6.92 Å². The molecule has 0 saturated heterocycles. The van der Waals surface area contributed by atoms with E-state index in [1.54, 1.807) is 23.5 Å². The van der Waals surface area contributed by atoms with Gasteiger partial charge in [0.1, 0.15) is 0 Å². The van der Waals surface area contributed by atoms with Crippen LogP contribution in [0.15, 0.2) is 60.1 Å². The lowest BCUT2D eigenvalue weighted by atomic mass is 10.1. The number of anilines is 1. The van der Waals surface area contributed by atoms with Gasteiger partial charge in [-0.3, -0.25) is 9.20 Å². The first kappa shape index (κ1) is 18.2. The average molecular weight is 401 g/mol. The van der Waals surface area contributed by atoms with Gasteiger partial charge >= 0.3 is 6.18 Å². The van der Waals surface area contributed by atoms with Crippen molar-refractivity contribution in [2.24, 2.45) is 0 Å². The minimum atomic E-state index is -4.49. The molecule has 2 heterocycles. The molecular formula is C20H14F3N3OS. The van der Waals surface area contributed by atoms with E-state index in [-0.39, 0.29) is 5.56 Å². The van der Waals surface area contributed by atoms with Crippen LogP contribution in [0.1, 0.15) is 21.6 Å². The number of thiazole rings is 1. The highest BCUT2D eigenvalue weighted by atomic mass is 32.1. The minimum Gasteiger partial charge on any atom is -0.322 e. The summed E-state index contributed by atoms with van der Waals surface area (Å²) in [5, 5.41) is 4.64. The smallest absolute Gasteiger partial charge is 0.322 e. The number of hydrogen-bond donors (Lipinski definition) is 1. The molecule has 1 amide bonds. The molecule has 4 aromatic rings. The summed E-state index contributed by atoms with van der Waals surface area (Å²) in [5.41, 5.74) is 2.37. The Bertz CT molecular complexity index is 1160. The second kappa shape index (κ2) is 6.79. The number of hydrogen-bond acceptors (Lipinski definition) is 3. The van der Waals surface area contributed by atoms with Crippen LogP contribution < -0.4 is 5.32 Å². The number of imidazole rings is 1. The standard InChI is InChI=1S/C20H14F3N3OS/c1-12-11-28-19-25-17(10-26(12)19)13-5-7-16(8-6-13)24-18(27)14-3-2-4-15(9-14)20(21,22)23/h2-11H,1H3,(H,24,27). The predicted octanol–water partition coefficient (Wildman–Crippen LogP) is 5.64. The first-order valence-corrected chi connectivity index (χ1v) is 9.21. The van der Waals surface area contributed by atoms with E-state index in [9.17, 15) is 18.0 Å². The molecule has 4 rings (SSSR count). The first-order chi connectivity index (χ1) is 13.3. The molecule has 0 aliphatic rings. The summed E-state index contributed by atoms with van der Waals surface area (Å²) in [6.07, 6.45) is -2.55. The van der Waals surface area contributed by atoms with E-state index < -0.39 is 17.6 Å². The summed E-state index contributed by atoms with van der Waals surface area (Å²) in [6, 6.07) is 11.3. The molecule has 0 aliphatic heterocycles. The van der Waals surface area contributed by atoms with E-state index in [4.69, 9.17) is 0 Å². The fourth-order valence-corrected chi connectivity index (χ4v) is 3.65. The Labute approximate surface area is 162 Å². The number of nitrogens with zero attached hydrogens (tertiary/aromatic N) is 2. The highest BCUT2D eigenvalue weighted by molar-refractivity contribution is 7.15. The van der Waals surface area contributed by atoms with Crippen LogP contribution >= 0.6 is 11.3 Å². The fraction of sp³-hybridized carbons (Fsp3) is 0.100. The van der Waals surface area contributed by atoms with E-state index in [2.05, 4.69) is 10.3 Å². The molecule has 0 radical (unpaired) electrons. The SMILES string of the molecule is Cc1csc2nc(-c3ccc(NC(=O)c4cccc(C(F)(F)F)c4)cc3)cn12. The maximum Gasteiger partial charge on any atom is 0.416 e. The highest BCUT2D eigenvalue weighted by Crippen LogP contribution is 2.30. The monoisotopic (exact) mass is 401 g/mol. The van der Waals surface area contributed by atoms with E-state index >= 15 is 0 Å². The highest BCUT2D eigenvalue weighted by Gasteiger charge is 2.30. The lowest BCUT2D eigenvalue weighted by Crippen LogP contribution is -2.13. The van der Waals surface area contributed by atoms with Crippen molar-refractivity contribution in [1.82, 2.24) is 9.38 Å². The van der Waals surface area contributed by atoms with Gasteiger partial charge in [0.2, 0.25) is 0 Å². The summed E-state index contributed by atoms with van der Waals surface area (Å²) >= 11 is 1.56. The average Bonchev–Trinajstić information content (AvgIpc) is 3.24. The van der Waals surface area contributed by atoms with Crippen LogP contribution in [-0.4, -0.2) is 15.3 Å². The van der Waals surface area contributed by atoms with E-state index in [0.717, 1.165) is 34.0 Å². The number of aryl methyl sites for hydroxylation is 1. The van der Waals surface area contributed by atoms with Gasteiger partial charge in [0.15, 0.2) is 4.96 Å². The molecular weight excluding hydrogens is 387 g/mol. The number of benzene rings is 2. The van der Waals surface area contributed by atoms with E-state index in [0.29, 0.717) is 5.69 Å². The molecule has 0 spiro atoms. The van der Waals surface area contributed by atoms with Crippen molar-refractivity contribution in [2.45, 2.75) is 13.1 Å². The maximum absolute atomic E-state index is 12.8. The third-order valence-corrected chi connectivity index (χ3v) is 5.24. The van der Waals surface area contributed by atoms with Gasteiger partial charge < -0.3 is 5.32 Å². The molecule has 0 saturated carbocycles. The number of halogens is 3. The topological polar surface area (TPSA) is 46.4 Å². The molecule has 0 aliphatic carbocycles. The third-order valence-electron chi connectivity index (χ3n) is 4.28. The fourth-order valence-electron chi connectivity index (χ4n) is 2.80. The van der Waals surface area contributed by atoms with Crippen LogP contribution in [0.4, 0.5) is 18.9 Å². The Balaban J connectivity index is 1.52. The maximum atomic E-state index is 12.8. The Morgan fingerprint density at radius 1 is 1.14 bits per heavy atom. The van der Waals surface area contributed by atoms with Gasteiger partial charge in [-0.2, -0.15) is 13.2 Å². The summed E-state index contributed by atoms with van der Waals surface area (Å²) in [7, 11) is 0. The molecule has 8 heteroatoms. The minimum absolute atomic E-state index is 0.0521. The first-order valence-electron chi connectivity index (χ1n) is 8.33. The molecule has 0 unspecified atom stereocenters. The van der Waals surface area contributed by atoms with Crippen molar-refractivity contribution in [3.05, 3.63) is 76.9 Å². The third kappa shape index (κ3) is 3.50. The number of rotatable bonds is 3. The number of amides is 1. The van der Waals surface area contributed by atoms with Crippen molar-refractivity contribution in [3.63, 3.8) is 0 Å². The predicted molar refractivity (Wildman–Crippen MR) is 103 cm³/mol. The Kier molecular flexibility index (Phi) is 4.43. The van der Waals surface area contributed by atoms with Crippen LogP contribution in [-0.2, 0) is 6.18 Å². The van der Waals surface area contributed by atoms with Gasteiger partial charge in [-0.25, -0.2) is 4.98 Å². The van der Waals surface area contributed by atoms with Crippen molar-refractivity contribution in [2.75, 3.05) is 5.32 Å². The quantitative estimate of drug-likeness (QED) is 0.483. The zero-order valence-electron chi connectivity index (χ0n) is 14.6. The van der Waals surface area contributed by atoms with E-state index in [1.165, 1.54) is 12.1 Å². The molecule has 0 fully saturated rings. The van der Waals surface area contributed by atoms with Gasteiger partial charge in [-0.1, -0.05) is 18.2 Å².